The van der Waals surface area contributed by atoms with E-state index in [1.807, 2.05) is 74.0 Å². The molecule has 4 aromatic heterocycles. The van der Waals surface area contributed by atoms with Crippen LogP contribution in [0.2, 0.25) is 0 Å². The number of hydrogen-bond donors (Lipinski definition) is 1. The fraction of sp³-hybridized carbons (Fsp3) is 0.174. The Bertz CT molecular complexity index is 1350. The summed E-state index contributed by atoms with van der Waals surface area (Å²) in [5.74, 6) is 2.18. The van der Waals surface area contributed by atoms with Gasteiger partial charge in [-0.25, -0.2) is 24.6 Å². The molecule has 0 amide bonds. The number of halogens is 1. The molecule has 8 nitrogen and oxygen atoms in total. The summed E-state index contributed by atoms with van der Waals surface area (Å²) in [6, 6.07) is 15.5. The van der Waals surface area contributed by atoms with Crippen molar-refractivity contribution < 1.29 is 0 Å². The Morgan fingerprint density at radius 2 is 1.72 bits per heavy atom. The van der Waals surface area contributed by atoms with Gasteiger partial charge in [-0.1, -0.05) is 26.0 Å². The van der Waals surface area contributed by atoms with E-state index in [1.165, 1.54) is 6.33 Å². The molecule has 0 fully saturated rings. The number of pyridine rings is 2. The largest absolute Gasteiger partial charge is 0.383 e. The second-order valence-corrected chi connectivity index (χ2v) is 7.02. The summed E-state index contributed by atoms with van der Waals surface area (Å²) in [4.78, 5) is 18.2. The van der Waals surface area contributed by atoms with Crippen LogP contribution in [0.25, 0.3) is 39.8 Å². The van der Waals surface area contributed by atoms with Crippen LogP contribution in [0, 0.1) is 0 Å². The predicted octanol–water partition coefficient (Wildman–Crippen LogP) is 4.63. The number of nitrogens with two attached hydrogens (primary N) is 1. The van der Waals surface area contributed by atoms with Crippen molar-refractivity contribution in [3.63, 3.8) is 0 Å². The number of fused-ring (bicyclic) bond motifs is 1. The maximum atomic E-state index is 6.17. The van der Waals surface area contributed by atoms with E-state index in [-0.39, 0.29) is 0 Å². The Morgan fingerprint density at radius 3 is 2.38 bits per heavy atom. The Balaban J connectivity index is 0.00000119. The first-order valence-corrected chi connectivity index (χ1v) is 10.8. The maximum Gasteiger partial charge on any atom is 0.176 e. The standard InChI is InChI=1S/C21H17ClN8.C2H6/c1-29-20(25-12-26-29)16-8-9-17-21(28-16)30(14-6-4-13(11-22)5-7-14)19(27-17)15-3-2-10-24-18(15)23;1-2/h2-10,12H,11H2,1H3,(H2,23,24);1-2H3. The zero-order valence-corrected chi connectivity index (χ0v) is 18.8. The van der Waals surface area contributed by atoms with E-state index in [2.05, 4.69) is 15.1 Å². The number of imidazole rings is 1. The summed E-state index contributed by atoms with van der Waals surface area (Å²) >= 11 is 5.97. The number of benzene rings is 1. The van der Waals surface area contributed by atoms with Gasteiger partial charge in [-0.3, -0.25) is 4.57 Å². The third kappa shape index (κ3) is 3.80. The molecule has 1 aromatic carbocycles. The molecule has 0 saturated carbocycles. The highest BCUT2D eigenvalue weighted by Gasteiger charge is 2.19. The van der Waals surface area contributed by atoms with E-state index >= 15 is 0 Å². The number of rotatable bonds is 4. The zero-order valence-electron chi connectivity index (χ0n) is 18.1. The minimum absolute atomic E-state index is 0.403. The highest BCUT2D eigenvalue weighted by atomic mass is 35.5. The van der Waals surface area contributed by atoms with Gasteiger partial charge in [0.1, 0.15) is 23.4 Å². The van der Waals surface area contributed by atoms with Crippen molar-refractivity contribution in [3.8, 4) is 28.6 Å². The van der Waals surface area contributed by atoms with Gasteiger partial charge in [-0.2, -0.15) is 5.10 Å². The van der Waals surface area contributed by atoms with E-state index < -0.39 is 0 Å². The summed E-state index contributed by atoms with van der Waals surface area (Å²) in [5, 5.41) is 4.14. The van der Waals surface area contributed by atoms with E-state index in [4.69, 9.17) is 27.3 Å². The number of nitrogens with zero attached hydrogens (tertiary/aromatic N) is 7. The molecular weight excluding hydrogens is 424 g/mol. The molecule has 0 aliphatic carbocycles. The smallest absolute Gasteiger partial charge is 0.176 e. The lowest BCUT2D eigenvalue weighted by Crippen LogP contribution is -2.03. The average molecular weight is 447 g/mol. The Kier molecular flexibility index (Phi) is 6.13. The quantitative estimate of drug-likeness (QED) is 0.404. The summed E-state index contributed by atoms with van der Waals surface area (Å²) in [6.07, 6.45) is 3.16. The van der Waals surface area contributed by atoms with Crippen molar-refractivity contribution in [1.29, 1.82) is 0 Å². The molecule has 32 heavy (non-hydrogen) atoms. The molecule has 5 aromatic rings. The van der Waals surface area contributed by atoms with Gasteiger partial charge in [-0.15, -0.1) is 11.6 Å². The van der Waals surface area contributed by atoms with E-state index in [0.29, 0.717) is 34.7 Å². The molecule has 2 N–H and O–H groups in total. The van der Waals surface area contributed by atoms with Crippen molar-refractivity contribution in [2.75, 3.05) is 5.73 Å². The fourth-order valence-corrected chi connectivity index (χ4v) is 3.55. The lowest BCUT2D eigenvalue weighted by molar-refractivity contribution is 0.772. The highest BCUT2D eigenvalue weighted by Crippen LogP contribution is 2.31. The third-order valence-electron chi connectivity index (χ3n) is 4.87. The molecule has 0 atom stereocenters. The molecular formula is C23H23ClN8. The first-order valence-electron chi connectivity index (χ1n) is 10.3. The lowest BCUT2D eigenvalue weighted by atomic mass is 10.2. The predicted molar refractivity (Wildman–Crippen MR) is 127 cm³/mol. The molecule has 0 unspecified atom stereocenters. The molecule has 0 saturated heterocycles. The van der Waals surface area contributed by atoms with Crippen LogP contribution in [-0.2, 0) is 12.9 Å². The number of hydrogen-bond acceptors (Lipinski definition) is 6. The van der Waals surface area contributed by atoms with Crippen LogP contribution in [-0.4, -0.2) is 34.3 Å². The van der Waals surface area contributed by atoms with Crippen LogP contribution < -0.4 is 5.73 Å². The number of nitrogen functional groups attached to an aromatic ring is 1. The Labute approximate surface area is 190 Å². The van der Waals surface area contributed by atoms with Crippen LogP contribution >= 0.6 is 11.6 Å². The molecule has 0 aliphatic rings. The molecule has 0 bridgehead atoms. The Hall–Kier alpha value is -3.78. The normalized spacial score (nSPS) is 10.8. The van der Waals surface area contributed by atoms with E-state index in [9.17, 15) is 0 Å². The van der Waals surface area contributed by atoms with Crippen molar-refractivity contribution >= 4 is 28.6 Å². The second kappa shape index (κ2) is 9.15. The number of alkyl halides is 1. The van der Waals surface area contributed by atoms with Gasteiger partial charge < -0.3 is 5.73 Å². The van der Waals surface area contributed by atoms with E-state index in [0.717, 1.165) is 22.3 Å². The first-order chi connectivity index (χ1) is 15.7. The van der Waals surface area contributed by atoms with Gasteiger partial charge in [-0.05, 0) is 42.0 Å². The van der Waals surface area contributed by atoms with Gasteiger partial charge in [0.25, 0.3) is 0 Å². The van der Waals surface area contributed by atoms with Gasteiger partial charge in [0.05, 0.1) is 5.56 Å². The molecule has 162 valence electrons. The van der Waals surface area contributed by atoms with Gasteiger partial charge in [0, 0.05) is 24.8 Å². The highest BCUT2D eigenvalue weighted by molar-refractivity contribution is 6.17. The van der Waals surface area contributed by atoms with Crippen LogP contribution in [0.3, 0.4) is 0 Å². The maximum absolute atomic E-state index is 6.17. The van der Waals surface area contributed by atoms with Crippen LogP contribution in [0.5, 0.6) is 0 Å². The van der Waals surface area contributed by atoms with E-state index in [1.54, 1.807) is 10.9 Å². The number of aryl methyl sites for hydroxylation is 1. The molecule has 0 aliphatic heterocycles. The fourth-order valence-electron chi connectivity index (χ4n) is 3.38. The SMILES string of the molecule is CC.Cn1ncnc1-c1ccc2nc(-c3cccnc3N)n(-c3ccc(CCl)cc3)c2n1. The monoisotopic (exact) mass is 446 g/mol. The first kappa shape index (κ1) is 21.5. The van der Waals surface area contributed by atoms with Gasteiger partial charge in [0.2, 0.25) is 0 Å². The Morgan fingerprint density at radius 1 is 0.938 bits per heavy atom. The van der Waals surface area contributed by atoms with Crippen LogP contribution in [0.15, 0.2) is 61.1 Å². The van der Waals surface area contributed by atoms with Gasteiger partial charge in [0.15, 0.2) is 17.3 Å². The molecule has 9 heteroatoms. The van der Waals surface area contributed by atoms with Crippen molar-refractivity contribution in [2.45, 2.75) is 19.7 Å². The molecule has 0 radical (unpaired) electrons. The second-order valence-electron chi connectivity index (χ2n) is 6.75. The minimum atomic E-state index is 0.403. The van der Waals surface area contributed by atoms with Crippen molar-refractivity contribution in [2.24, 2.45) is 7.05 Å². The third-order valence-corrected chi connectivity index (χ3v) is 5.18. The molecule has 0 spiro atoms. The van der Waals surface area contributed by atoms with Crippen molar-refractivity contribution in [1.82, 2.24) is 34.3 Å². The summed E-state index contributed by atoms with van der Waals surface area (Å²) < 4.78 is 3.66. The topological polar surface area (TPSA) is 100 Å². The lowest BCUT2D eigenvalue weighted by Gasteiger charge is -2.11. The van der Waals surface area contributed by atoms with Crippen LogP contribution in [0.4, 0.5) is 5.82 Å². The zero-order chi connectivity index (χ0) is 22.7. The number of anilines is 1. The van der Waals surface area contributed by atoms with Crippen LogP contribution in [0.1, 0.15) is 19.4 Å². The molecule has 4 heterocycles. The summed E-state index contributed by atoms with van der Waals surface area (Å²) in [5.41, 5.74) is 11.0. The van der Waals surface area contributed by atoms with Gasteiger partial charge >= 0.3 is 0 Å². The summed E-state index contributed by atoms with van der Waals surface area (Å²) in [6.45, 7) is 4.00. The summed E-state index contributed by atoms with van der Waals surface area (Å²) in [7, 11) is 1.83. The number of aromatic nitrogens is 7. The average Bonchev–Trinajstić information content (AvgIpc) is 3.43. The minimum Gasteiger partial charge on any atom is -0.383 e. The molecule has 5 rings (SSSR count). The van der Waals surface area contributed by atoms with Crippen molar-refractivity contribution in [3.05, 3.63) is 66.6 Å².